The minimum absolute atomic E-state index is 0.304. The molecule has 2 aromatic carbocycles. The minimum atomic E-state index is -0.903. The summed E-state index contributed by atoms with van der Waals surface area (Å²) in [4.78, 5) is 11.0. The van der Waals surface area contributed by atoms with Crippen molar-refractivity contribution in [2.24, 2.45) is 0 Å². The van der Waals surface area contributed by atoms with Crippen LogP contribution in [0.2, 0.25) is 0 Å². The van der Waals surface area contributed by atoms with Crippen molar-refractivity contribution in [1.29, 1.82) is 0 Å². The van der Waals surface area contributed by atoms with E-state index < -0.39 is 5.97 Å². The molecule has 3 nitrogen and oxygen atoms in total. The third-order valence-corrected chi connectivity index (χ3v) is 3.54. The van der Waals surface area contributed by atoms with Gasteiger partial charge in [0.2, 0.25) is 0 Å². The molecule has 0 fully saturated rings. The Morgan fingerprint density at radius 2 is 1.70 bits per heavy atom. The van der Waals surface area contributed by atoms with Crippen molar-refractivity contribution in [3.63, 3.8) is 0 Å². The molecule has 2 aromatic rings. The Hall–Kier alpha value is -2.29. The molecular weight excluding hydrogens is 250 g/mol. The highest BCUT2D eigenvalue weighted by Crippen LogP contribution is 2.18. The zero-order valence-corrected chi connectivity index (χ0v) is 12.0. The maximum Gasteiger partial charge on any atom is 0.335 e. The molecule has 0 heterocycles. The van der Waals surface area contributed by atoms with E-state index in [0.717, 1.165) is 11.3 Å². The molecule has 104 valence electrons. The van der Waals surface area contributed by atoms with Crippen LogP contribution >= 0.6 is 0 Å². The van der Waals surface area contributed by atoms with Gasteiger partial charge in [-0.2, -0.15) is 0 Å². The van der Waals surface area contributed by atoms with Crippen molar-refractivity contribution >= 4 is 11.7 Å². The van der Waals surface area contributed by atoms with Gasteiger partial charge < -0.3 is 10.4 Å². The quantitative estimate of drug-likeness (QED) is 0.884. The van der Waals surface area contributed by atoms with E-state index >= 15 is 0 Å². The van der Waals surface area contributed by atoms with E-state index in [1.807, 2.05) is 13.0 Å². The van der Waals surface area contributed by atoms with E-state index in [-0.39, 0.29) is 0 Å². The third-order valence-electron chi connectivity index (χ3n) is 3.54. The fourth-order valence-electron chi connectivity index (χ4n) is 2.06. The molecule has 0 aliphatic carbocycles. The second kappa shape index (κ2) is 5.78. The van der Waals surface area contributed by atoms with Gasteiger partial charge >= 0.3 is 5.97 Å². The predicted octanol–water partition coefficient (Wildman–Crippen LogP) is 3.92. The fourth-order valence-corrected chi connectivity index (χ4v) is 2.06. The van der Waals surface area contributed by atoms with E-state index in [4.69, 9.17) is 5.11 Å². The van der Waals surface area contributed by atoms with Gasteiger partial charge in [-0.15, -0.1) is 0 Å². The van der Waals surface area contributed by atoms with Crippen molar-refractivity contribution in [2.45, 2.75) is 27.3 Å². The maximum absolute atomic E-state index is 11.0. The number of aromatic carboxylic acids is 1. The number of nitrogens with one attached hydrogen (secondary N) is 1. The number of benzene rings is 2. The van der Waals surface area contributed by atoms with Gasteiger partial charge in [0.05, 0.1) is 5.56 Å². The lowest BCUT2D eigenvalue weighted by molar-refractivity contribution is 0.0697. The molecule has 0 unspecified atom stereocenters. The lowest BCUT2D eigenvalue weighted by Crippen LogP contribution is -2.04. The van der Waals surface area contributed by atoms with Crippen molar-refractivity contribution < 1.29 is 9.90 Å². The van der Waals surface area contributed by atoms with Crippen molar-refractivity contribution in [3.8, 4) is 0 Å². The minimum Gasteiger partial charge on any atom is -0.478 e. The predicted molar refractivity (Wildman–Crippen MR) is 81.4 cm³/mol. The summed E-state index contributed by atoms with van der Waals surface area (Å²) in [6.07, 6.45) is 0. The van der Waals surface area contributed by atoms with E-state index in [1.165, 1.54) is 16.7 Å². The van der Waals surface area contributed by atoms with Crippen LogP contribution in [0.5, 0.6) is 0 Å². The van der Waals surface area contributed by atoms with Gasteiger partial charge in [-0.25, -0.2) is 4.79 Å². The number of hydrogen-bond acceptors (Lipinski definition) is 2. The first kappa shape index (κ1) is 14.1. The second-order valence-corrected chi connectivity index (χ2v) is 5.11. The van der Waals surface area contributed by atoms with Crippen LogP contribution in [0.4, 0.5) is 5.69 Å². The van der Waals surface area contributed by atoms with Crippen LogP contribution in [-0.4, -0.2) is 11.1 Å². The molecule has 0 atom stereocenters. The van der Waals surface area contributed by atoms with Crippen molar-refractivity contribution in [2.75, 3.05) is 5.32 Å². The highest BCUT2D eigenvalue weighted by Gasteiger charge is 2.06. The SMILES string of the molecule is Cc1ccc(CNc2cc(C(=O)O)ccc2C)cc1C. The van der Waals surface area contributed by atoms with E-state index in [9.17, 15) is 4.79 Å². The fraction of sp³-hybridized carbons (Fsp3) is 0.235. The molecule has 0 saturated heterocycles. The van der Waals surface area contributed by atoms with Gasteiger partial charge in [0.15, 0.2) is 0 Å². The van der Waals surface area contributed by atoms with Crippen LogP contribution in [0, 0.1) is 20.8 Å². The normalized spacial score (nSPS) is 10.3. The first-order valence-corrected chi connectivity index (χ1v) is 6.61. The molecule has 3 heteroatoms. The Bertz CT molecular complexity index is 647. The van der Waals surface area contributed by atoms with Gasteiger partial charge in [0.25, 0.3) is 0 Å². The molecule has 0 radical (unpaired) electrons. The first-order chi connectivity index (χ1) is 9.47. The summed E-state index contributed by atoms with van der Waals surface area (Å²) < 4.78 is 0. The molecule has 0 saturated carbocycles. The highest BCUT2D eigenvalue weighted by atomic mass is 16.4. The Morgan fingerprint density at radius 1 is 1.00 bits per heavy atom. The van der Waals surface area contributed by atoms with E-state index in [2.05, 4.69) is 37.4 Å². The number of carboxylic acid groups (broad SMARTS) is 1. The standard InChI is InChI=1S/C17H19NO2/c1-11-4-6-14(8-13(11)3)10-18-16-9-15(17(19)20)7-5-12(16)2/h4-9,18H,10H2,1-3H3,(H,19,20). The van der Waals surface area contributed by atoms with Crippen LogP contribution in [0.3, 0.4) is 0 Å². The van der Waals surface area contributed by atoms with Crippen LogP contribution in [0.1, 0.15) is 32.6 Å². The maximum atomic E-state index is 11.0. The average Bonchev–Trinajstić information content (AvgIpc) is 2.41. The number of carbonyl (C=O) groups is 1. The molecule has 0 aliphatic rings. The van der Waals surface area contributed by atoms with Gasteiger partial charge in [-0.3, -0.25) is 0 Å². The summed E-state index contributed by atoms with van der Waals surface area (Å²) in [5.41, 5.74) is 5.94. The molecule has 0 aliphatic heterocycles. The lowest BCUT2D eigenvalue weighted by atomic mass is 10.1. The molecule has 2 N–H and O–H groups in total. The molecule has 0 bridgehead atoms. The van der Waals surface area contributed by atoms with E-state index in [1.54, 1.807) is 12.1 Å². The Morgan fingerprint density at radius 3 is 2.35 bits per heavy atom. The second-order valence-electron chi connectivity index (χ2n) is 5.11. The molecule has 0 amide bonds. The summed E-state index contributed by atoms with van der Waals surface area (Å²) >= 11 is 0. The topological polar surface area (TPSA) is 49.3 Å². The van der Waals surface area contributed by atoms with Crippen LogP contribution in [-0.2, 0) is 6.54 Å². The Labute approximate surface area is 119 Å². The first-order valence-electron chi connectivity index (χ1n) is 6.61. The third kappa shape index (κ3) is 3.18. The van der Waals surface area contributed by atoms with Crippen LogP contribution in [0.15, 0.2) is 36.4 Å². The van der Waals surface area contributed by atoms with Gasteiger partial charge in [-0.1, -0.05) is 24.3 Å². The summed E-state index contributed by atoms with van der Waals surface area (Å²) in [6, 6.07) is 11.5. The lowest BCUT2D eigenvalue weighted by Gasteiger charge is -2.11. The molecular formula is C17H19NO2. The Balaban J connectivity index is 2.15. The largest absolute Gasteiger partial charge is 0.478 e. The van der Waals surface area contributed by atoms with Gasteiger partial charge in [0, 0.05) is 12.2 Å². The average molecular weight is 269 g/mol. The summed E-state index contributed by atoms with van der Waals surface area (Å²) in [5, 5.41) is 12.3. The molecule has 0 aromatic heterocycles. The van der Waals surface area contributed by atoms with Crippen molar-refractivity contribution in [1.82, 2.24) is 0 Å². The van der Waals surface area contributed by atoms with Gasteiger partial charge in [0.1, 0.15) is 0 Å². The zero-order valence-electron chi connectivity index (χ0n) is 12.0. The van der Waals surface area contributed by atoms with E-state index in [0.29, 0.717) is 12.1 Å². The Kier molecular flexibility index (Phi) is 4.08. The molecule has 2 rings (SSSR count). The number of rotatable bonds is 4. The van der Waals surface area contributed by atoms with Crippen LogP contribution < -0.4 is 5.32 Å². The summed E-state index contributed by atoms with van der Waals surface area (Å²) in [7, 11) is 0. The van der Waals surface area contributed by atoms with Gasteiger partial charge in [-0.05, 0) is 55.2 Å². The summed E-state index contributed by atoms with van der Waals surface area (Å²) in [5.74, 6) is -0.903. The smallest absolute Gasteiger partial charge is 0.335 e. The molecule has 0 spiro atoms. The zero-order chi connectivity index (χ0) is 14.7. The number of carboxylic acids is 1. The van der Waals surface area contributed by atoms with Crippen molar-refractivity contribution in [3.05, 3.63) is 64.2 Å². The highest BCUT2D eigenvalue weighted by molar-refractivity contribution is 5.89. The number of hydrogen-bond donors (Lipinski definition) is 2. The van der Waals surface area contributed by atoms with Crippen LogP contribution in [0.25, 0.3) is 0 Å². The number of aryl methyl sites for hydroxylation is 3. The molecule has 20 heavy (non-hydrogen) atoms. The summed E-state index contributed by atoms with van der Waals surface area (Å²) in [6.45, 7) is 6.83. The monoisotopic (exact) mass is 269 g/mol. The number of anilines is 1.